The van der Waals surface area contributed by atoms with E-state index in [2.05, 4.69) is 20.5 Å². The molecule has 0 spiro atoms. The molecule has 0 aliphatic carbocycles. The highest BCUT2D eigenvalue weighted by Crippen LogP contribution is 2.21. The Bertz CT molecular complexity index is 1130. The maximum atomic E-state index is 12.3. The minimum absolute atomic E-state index is 0.0639. The first-order chi connectivity index (χ1) is 14.7. The number of nitriles is 1. The number of nitrogens with zero attached hydrogens (tertiary/aromatic N) is 3. The minimum atomic E-state index is -0.552. The molecule has 0 aliphatic rings. The van der Waals surface area contributed by atoms with E-state index in [1.54, 1.807) is 42.5 Å². The van der Waals surface area contributed by atoms with Gasteiger partial charge in [0.2, 0.25) is 5.95 Å². The molecule has 1 heterocycles. The van der Waals surface area contributed by atoms with E-state index in [0.29, 0.717) is 23.5 Å². The number of ether oxygens (including phenoxy) is 1. The Hall–Kier alpha value is -3.96. The van der Waals surface area contributed by atoms with Crippen LogP contribution < -0.4 is 15.7 Å². The van der Waals surface area contributed by atoms with Crippen LogP contribution in [-0.4, -0.2) is 27.9 Å². The van der Waals surface area contributed by atoms with E-state index in [1.807, 2.05) is 19.1 Å². The van der Waals surface area contributed by atoms with Gasteiger partial charge >= 0.3 is 0 Å². The molecule has 3 aromatic rings. The van der Waals surface area contributed by atoms with Crippen LogP contribution in [0.4, 0.5) is 5.95 Å². The lowest BCUT2D eigenvalue weighted by Gasteiger charge is -2.10. The highest BCUT2D eigenvalue weighted by molar-refractivity contribution is 5.80. The van der Waals surface area contributed by atoms with Crippen LogP contribution in [0.3, 0.4) is 0 Å². The van der Waals surface area contributed by atoms with Gasteiger partial charge in [-0.1, -0.05) is 37.3 Å². The third-order valence-corrected chi connectivity index (χ3v) is 4.18. The molecule has 8 nitrogen and oxygen atoms in total. The van der Waals surface area contributed by atoms with Gasteiger partial charge in [-0.25, -0.2) is 10.4 Å². The Morgan fingerprint density at radius 2 is 2.10 bits per heavy atom. The zero-order valence-corrected chi connectivity index (χ0v) is 16.4. The summed E-state index contributed by atoms with van der Waals surface area (Å²) in [4.78, 5) is 19.1. The van der Waals surface area contributed by atoms with Crippen LogP contribution in [-0.2, 0) is 6.61 Å². The molecule has 0 radical (unpaired) electrons. The SMILES string of the molecule is CCCOc1ccc(C=NNc2nc(-c3ccccc3)c(C#N)c(=O)[nH]2)cc1CO. The van der Waals surface area contributed by atoms with Crippen molar-refractivity contribution in [2.45, 2.75) is 20.0 Å². The molecule has 0 aliphatic heterocycles. The molecular formula is C22H21N5O3. The predicted molar refractivity (Wildman–Crippen MR) is 114 cm³/mol. The maximum Gasteiger partial charge on any atom is 0.270 e. The molecule has 0 amide bonds. The summed E-state index contributed by atoms with van der Waals surface area (Å²) in [5.74, 6) is 0.745. The number of anilines is 1. The molecule has 0 fully saturated rings. The van der Waals surface area contributed by atoms with E-state index in [4.69, 9.17) is 4.74 Å². The molecular weight excluding hydrogens is 382 g/mol. The summed E-state index contributed by atoms with van der Waals surface area (Å²) >= 11 is 0. The third-order valence-electron chi connectivity index (χ3n) is 4.18. The van der Waals surface area contributed by atoms with E-state index >= 15 is 0 Å². The lowest BCUT2D eigenvalue weighted by atomic mass is 10.1. The fourth-order valence-electron chi connectivity index (χ4n) is 2.76. The largest absolute Gasteiger partial charge is 0.493 e. The summed E-state index contributed by atoms with van der Waals surface area (Å²) in [5.41, 5.74) is 4.39. The molecule has 0 saturated carbocycles. The molecule has 0 bridgehead atoms. The third kappa shape index (κ3) is 4.90. The summed E-state index contributed by atoms with van der Waals surface area (Å²) in [7, 11) is 0. The van der Waals surface area contributed by atoms with Crippen LogP contribution in [0, 0.1) is 11.3 Å². The van der Waals surface area contributed by atoms with Gasteiger partial charge in [0.15, 0.2) is 0 Å². The average molecular weight is 403 g/mol. The lowest BCUT2D eigenvalue weighted by molar-refractivity contribution is 0.263. The van der Waals surface area contributed by atoms with Crippen LogP contribution in [0.1, 0.15) is 30.0 Å². The highest BCUT2D eigenvalue weighted by atomic mass is 16.5. The van der Waals surface area contributed by atoms with E-state index in [1.165, 1.54) is 6.21 Å². The molecule has 3 rings (SSSR count). The Balaban J connectivity index is 1.82. The van der Waals surface area contributed by atoms with Crippen molar-refractivity contribution < 1.29 is 9.84 Å². The van der Waals surface area contributed by atoms with Crippen LogP contribution >= 0.6 is 0 Å². The number of aliphatic hydroxyl groups excluding tert-OH is 1. The van der Waals surface area contributed by atoms with Crippen molar-refractivity contribution in [2.75, 3.05) is 12.0 Å². The zero-order valence-electron chi connectivity index (χ0n) is 16.4. The van der Waals surface area contributed by atoms with Gasteiger partial charge in [0, 0.05) is 11.1 Å². The molecule has 0 atom stereocenters. The summed E-state index contributed by atoms with van der Waals surface area (Å²) < 4.78 is 5.60. The second-order valence-corrected chi connectivity index (χ2v) is 6.36. The maximum absolute atomic E-state index is 12.3. The standard InChI is InChI=1S/C22H21N5O3/c1-2-10-30-19-9-8-15(11-17(19)14-28)13-24-27-22-25-20(16-6-4-3-5-7-16)18(12-23)21(29)26-22/h3-9,11,13,28H,2,10,14H2,1H3,(H2,25,26,27,29). The monoisotopic (exact) mass is 403 g/mol. The first-order valence-electron chi connectivity index (χ1n) is 9.41. The number of benzene rings is 2. The van der Waals surface area contributed by atoms with Crippen LogP contribution in [0.15, 0.2) is 58.4 Å². The minimum Gasteiger partial charge on any atom is -0.493 e. The van der Waals surface area contributed by atoms with Crippen molar-refractivity contribution in [3.8, 4) is 23.1 Å². The Labute approximate surface area is 173 Å². The number of rotatable bonds is 8. The summed E-state index contributed by atoms with van der Waals surface area (Å²) in [6.07, 6.45) is 2.40. The number of H-pyrrole nitrogens is 1. The number of aromatic nitrogens is 2. The molecule has 0 unspecified atom stereocenters. The Kier molecular flexibility index (Phi) is 6.92. The van der Waals surface area contributed by atoms with Crippen molar-refractivity contribution in [3.05, 3.63) is 75.6 Å². The number of nitrogens with one attached hydrogen (secondary N) is 2. The van der Waals surface area contributed by atoms with Crippen molar-refractivity contribution >= 4 is 12.2 Å². The average Bonchev–Trinajstić information content (AvgIpc) is 2.78. The van der Waals surface area contributed by atoms with Crippen LogP contribution in [0.25, 0.3) is 11.3 Å². The lowest BCUT2D eigenvalue weighted by Crippen LogP contribution is -2.16. The molecule has 152 valence electrons. The van der Waals surface area contributed by atoms with Gasteiger partial charge in [-0.3, -0.25) is 9.78 Å². The van der Waals surface area contributed by atoms with Crippen LogP contribution in [0.2, 0.25) is 0 Å². The van der Waals surface area contributed by atoms with Gasteiger partial charge in [-0.05, 0) is 30.2 Å². The van der Waals surface area contributed by atoms with Gasteiger partial charge in [0.1, 0.15) is 17.4 Å². The number of hydrogen-bond donors (Lipinski definition) is 3. The number of aliphatic hydroxyl groups is 1. The fraction of sp³-hybridized carbons (Fsp3) is 0.182. The Morgan fingerprint density at radius 1 is 1.30 bits per heavy atom. The van der Waals surface area contributed by atoms with E-state index in [-0.39, 0.29) is 23.8 Å². The number of hydrazone groups is 1. The smallest absolute Gasteiger partial charge is 0.270 e. The van der Waals surface area contributed by atoms with Crippen molar-refractivity contribution in [2.24, 2.45) is 5.10 Å². The number of hydrogen-bond acceptors (Lipinski definition) is 7. The fourth-order valence-corrected chi connectivity index (χ4v) is 2.76. The van der Waals surface area contributed by atoms with Crippen molar-refractivity contribution in [1.29, 1.82) is 5.26 Å². The van der Waals surface area contributed by atoms with Gasteiger partial charge in [0.25, 0.3) is 5.56 Å². The molecule has 1 aromatic heterocycles. The van der Waals surface area contributed by atoms with Gasteiger partial charge in [-0.2, -0.15) is 10.4 Å². The predicted octanol–water partition coefficient (Wildman–Crippen LogP) is 3.04. The molecule has 8 heteroatoms. The van der Waals surface area contributed by atoms with Gasteiger partial charge in [-0.15, -0.1) is 0 Å². The van der Waals surface area contributed by atoms with Crippen LogP contribution in [0.5, 0.6) is 5.75 Å². The topological polar surface area (TPSA) is 123 Å². The second kappa shape index (κ2) is 10.0. The molecule has 3 N–H and O–H groups in total. The van der Waals surface area contributed by atoms with Crippen molar-refractivity contribution in [1.82, 2.24) is 9.97 Å². The number of aromatic amines is 1. The summed E-state index contributed by atoms with van der Waals surface area (Å²) in [5, 5.41) is 23.0. The van der Waals surface area contributed by atoms with E-state index in [0.717, 1.165) is 12.0 Å². The van der Waals surface area contributed by atoms with Crippen molar-refractivity contribution in [3.63, 3.8) is 0 Å². The first kappa shape index (κ1) is 20.8. The zero-order chi connectivity index (χ0) is 21.3. The van der Waals surface area contributed by atoms with Gasteiger partial charge in [0.05, 0.1) is 25.1 Å². The highest BCUT2D eigenvalue weighted by Gasteiger charge is 2.12. The molecule has 30 heavy (non-hydrogen) atoms. The first-order valence-corrected chi connectivity index (χ1v) is 9.41. The van der Waals surface area contributed by atoms with E-state index in [9.17, 15) is 15.2 Å². The Morgan fingerprint density at radius 3 is 2.80 bits per heavy atom. The second-order valence-electron chi connectivity index (χ2n) is 6.36. The van der Waals surface area contributed by atoms with Gasteiger partial charge < -0.3 is 9.84 Å². The molecule has 0 saturated heterocycles. The quantitative estimate of drug-likeness (QED) is 0.392. The normalized spacial score (nSPS) is 10.7. The summed E-state index contributed by atoms with van der Waals surface area (Å²) in [6.45, 7) is 2.43. The van der Waals surface area contributed by atoms with E-state index < -0.39 is 5.56 Å². The molecule has 2 aromatic carbocycles. The summed E-state index contributed by atoms with van der Waals surface area (Å²) in [6, 6.07) is 16.2.